The molecule has 6 heteroatoms. The van der Waals surface area contributed by atoms with E-state index >= 15 is 0 Å². The van der Waals surface area contributed by atoms with Crippen LogP contribution in [0.2, 0.25) is 10.0 Å². The fourth-order valence-corrected chi connectivity index (χ4v) is 3.40. The number of benzene rings is 2. The SMILES string of the molecule is Clc1ccc(Cl)c(-c2csc(-c3nc4ccccc4[nH]3)n2)c1. The number of para-hydroxylation sites is 2. The maximum Gasteiger partial charge on any atom is 0.167 e. The fourth-order valence-electron chi connectivity index (χ4n) is 2.25. The van der Waals surface area contributed by atoms with E-state index in [2.05, 4.69) is 15.0 Å². The molecular weight excluding hydrogens is 337 g/mol. The van der Waals surface area contributed by atoms with Crippen LogP contribution in [-0.4, -0.2) is 15.0 Å². The molecule has 2 aromatic carbocycles. The number of nitrogens with one attached hydrogen (secondary N) is 1. The van der Waals surface area contributed by atoms with Crippen molar-refractivity contribution < 1.29 is 0 Å². The molecule has 0 aliphatic heterocycles. The van der Waals surface area contributed by atoms with Gasteiger partial charge in [0.2, 0.25) is 0 Å². The molecule has 0 unspecified atom stereocenters. The van der Waals surface area contributed by atoms with E-state index in [1.54, 1.807) is 12.1 Å². The van der Waals surface area contributed by atoms with Crippen molar-refractivity contribution in [1.29, 1.82) is 0 Å². The van der Waals surface area contributed by atoms with Gasteiger partial charge in [0.25, 0.3) is 0 Å². The zero-order chi connectivity index (χ0) is 15.1. The van der Waals surface area contributed by atoms with E-state index in [1.165, 1.54) is 11.3 Å². The van der Waals surface area contributed by atoms with Crippen LogP contribution in [0.1, 0.15) is 0 Å². The van der Waals surface area contributed by atoms with Gasteiger partial charge in [0.15, 0.2) is 10.8 Å². The van der Waals surface area contributed by atoms with Crippen LogP contribution in [0.5, 0.6) is 0 Å². The first-order valence-corrected chi connectivity index (χ1v) is 8.20. The summed E-state index contributed by atoms with van der Waals surface area (Å²) in [5.41, 5.74) is 3.55. The first-order chi connectivity index (χ1) is 10.7. The average molecular weight is 346 g/mol. The lowest BCUT2D eigenvalue weighted by atomic mass is 10.2. The highest BCUT2D eigenvalue weighted by molar-refractivity contribution is 7.13. The Morgan fingerprint density at radius 2 is 1.86 bits per heavy atom. The number of hydrogen-bond donors (Lipinski definition) is 1. The van der Waals surface area contributed by atoms with Crippen molar-refractivity contribution >= 4 is 45.6 Å². The number of hydrogen-bond acceptors (Lipinski definition) is 3. The molecule has 3 nitrogen and oxygen atoms in total. The molecule has 4 rings (SSSR count). The standard InChI is InChI=1S/C16H9Cl2N3S/c17-9-5-6-11(18)10(7-9)14-8-22-16(21-14)15-19-12-3-1-2-4-13(12)20-15/h1-8H,(H,19,20). The largest absolute Gasteiger partial charge is 0.336 e. The molecule has 0 fully saturated rings. The van der Waals surface area contributed by atoms with Gasteiger partial charge in [0.05, 0.1) is 21.7 Å². The van der Waals surface area contributed by atoms with E-state index in [-0.39, 0.29) is 0 Å². The minimum absolute atomic E-state index is 0.630. The zero-order valence-electron chi connectivity index (χ0n) is 11.2. The van der Waals surface area contributed by atoms with Crippen LogP contribution in [-0.2, 0) is 0 Å². The van der Waals surface area contributed by atoms with Crippen molar-refractivity contribution in [2.75, 3.05) is 0 Å². The van der Waals surface area contributed by atoms with E-state index in [1.807, 2.05) is 35.7 Å². The zero-order valence-corrected chi connectivity index (χ0v) is 13.5. The van der Waals surface area contributed by atoms with Crippen LogP contribution in [0.3, 0.4) is 0 Å². The normalized spacial score (nSPS) is 11.2. The highest BCUT2D eigenvalue weighted by Gasteiger charge is 2.13. The number of aromatic amines is 1. The molecular formula is C16H9Cl2N3S. The Morgan fingerprint density at radius 1 is 1.00 bits per heavy atom. The number of aromatic nitrogens is 3. The molecule has 4 aromatic rings. The molecule has 0 saturated heterocycles. The lowest BCUT2D eigenvalue weighted by Gasteiger charge is -2.00. The Labute approximate surface area is 140 Å². The van der Waals surface area contributed by atoms with E-state index < -0.39 is 0 Å². The number of rotatable bonds is 2. The van der Waals surface area contributed by atoms with Crippen molar-refractivity contribution in [3.05, 3.63) is 57.9 Å². The molecule has 0 radical (unpaired) electrons. The summed E-state index contributed by atoms with van der Waals surface area (Å²) in [5, 5.41) is 4.05. The third kappa shape index (κ3) is 2.39. The van der Waals surface area contributed by atoms with Crippen molar-refractivity contribution in [3.8, 4) is 22.1 Å². The third-order valence-electron chi connectivity index (χ3n) is 3.30. The summed E-state index contributed by atoms with van der Waals surface area (Å²) in [4.78, 5) is 12.5. The maximum atomic E-state index is 6.23. The van der Waals surface area contributed by atoms with Crippen LogP contribution in [0.25, 0.3) is 33.1 Å². The van der Waals surface area contributed by atoms with Gasteiger partial charge in [-0.05, 0) is 30.3 Å². The van der Waals surface area contributed by atoms with Crippen molar-refractivity contribution in [2.45, 2.75) is 0 Å². The number of fused-ring (bicyclic) bond motifs is 1. The highest BCUT2D eigenvalue weighted by atomic mass is 35.5. The van der Waals surface area contributed by atoms with Crippen molar-refractivity contribution in [3.63, 3.8) is 0 Å². The summed E-state index contributed by atoms with van der Waals surface area (Å²) in [6.45, 7) is 0. The maximum absolute atomic E-state index is 6.23. The van der Waals surface area contributed by atoms with Crippen LogP contribution in [0, 0.1) is 0 Å². The molecule has 2 heterocycles. The number of nitrogens with zero attached hydrogens (tertiary/aromatic N) is 2. The molecule has 22 heavy (non-hydrogen) atoms. The Hall–Kier alpha value is -1.88. The van der Waals surface area contributed by atoms with Crippen LogP contribution < -0.4 is 0 Å². The second-order valence-electron chi connectivity index (χ2n) is 4.76. The van der Waals surface area contributed by atoms with Gasteiger partial charge in [0.1, 0.15) is 0 Å². The first-order valence-electron chi connectivity index (χ1n) is 6.57. The highest BCUT2D eigenvalue weighted by Crippen LogP contribution is 2.33. The topological polar surface area (TPSA) is 41.6 Å². The first kappa shape index (κ1) is 13.8. The lowest BCUT2D eigenvalue weighted by molar-refractivity contribution is 1.29. The van der Waals surface area contributed by atoms with Crippen molar-refractivity contribution in [1.82, 2.24) is 15.0 Å². The minimum Gasteiger partial charge on any atom is -0.336 e. The molecule has 2 aromatic heterocycles. The molecule has 0 spiro atoms. The number of imidazole rings is 1. The molecule has 0 amide bonds. The Kier molecular flexibility index (Phi) is 3.37. The summed E-state index contributed by atoms with van der Waals surface area (Å²) in [7, 11) is 0. The molecule has 0 aliphatic rings. The predicted octanol–water partition coefficient (Wildman–Crippen LogP) is 5.66. The predicted molar refractivity (Wildman–Crippen MR) is 92.7 cm³/mol. The Morgan fingerprint density at radius 3 is 2.73 bits per heavy atom. The van der Waals surface area contributed by atoms with Gasteiger partial charge in [-0.25, -0.2) is 9.97 Å². The molecule has 0 aliphatic carbocycles. The van der Waals surface area contributed by atoms with Gasteiger partial charge in [-0.15, -0.1) is 11.3 Å². The van der Waals surface area contributed by atoms with Crippen LogP contribution in [0.15, 0.2) is 47.8 Å². The Bertz CT molecular complexity index is 941. The van der Waals surface area contributed by atoms with E-state index in [0.717, 1.165) is 33.1 Å². The number of thiazole rings is 1. The second-order valence-corrected chi connectivity index (χ2v) is 6.47. The van der Waals surface area contributed by atoms with Gasteiger partial charge in [-0.2, -0.15) is 0 Å². The van der Waals surface area contributed by atoms with Gasteiger partial charge in [-0.3, -0.25) is 0 Å². The lowest BCUT2D eigenvalue weighted by Crippen LogP contribution is -1.82. The summed E-state index contributed by atoms with van der Waals surface area (Å²) in [6, 6.07) is 13.3. The van der Waals surface area contributed by atoms with E-state index in [9.17, 15) is 0 Å². The molecule has 108 valence electrons. The Balaban J connectivity index is 1.79. The summed E-state index contributed by atoms with van der Waals surface area (Å²) in [5.74, 6) is 0.760. The van der Waals surface area contributed by atoms with Gasteiger partial charge >= 0.3 is 0 Å². The molecule has 0 atom stereocenters. The van der Waals surface area contributed by atoms with Crippen molar-refractivity contribution in [2.24, 2.45) is 0 Å². The summed E-state index contributed by atoms with van der Waals surface area (Å²) < 4.78 is 0. The number of halogens is 2. The minimum atomic E-state index is 0.630. The van der Waals surface area contributed by atoms with Gasteiger partial charge in [0, 0.05) is 16.0 Å². The second kappa shape index (κ2) is 5.39. The fraction of sp³-hybridized carbons (Fsp3) is 0. The smallest absolute Gasteiger partial charge is 0.167 e. The average Bonchev–Trinajstić information content (AvgIpc) is 3.15. The van der Waals surface area contributed by atoms with Crippen LogP contribution >= 0.6 is 34.5 Å². The van der Waals surface area contributed by atoms with E-state index in [4.69, 9.17) is 23.2 Å². The monoisotopic (exact) mass is 345 g/mol. The van der Waals surface area contributed by atoms with Gasteiger partial charge in [-0.1, -0.05) is 35.3 Å². The number of H-pyrrole nitrogens is 1. The van der Waals surface area contributed by atoms with Crippen LogP contribution in [0.4, 0.5) is 0 Å². The third-order valence-corrected chi connectivity index (χ3v) is 4.71. The summed E-state index contributed by atoms with van der Waals surface area (Å²) >= 11 is 13.8. The molecule has 1 N–H and O–H groups in total. The quantitative estimate of drug-likeness (QED) is 0.509. The summed E-state index contributed by atoms with van der Waals surface area (Å²) in [6.07, 6.45) is 0. The van der Waals surface area contributed by atoms with E-state index in [0.29, 0.717) is 10.0 Å². The molecule has 0 bridgehead atoms. The van der Waals surface area contributed by atoms with Gasteiger partial charge < -0.3 is 4.98 Å². The molecule has 0 saturated carbocycles.